The van der Waals surface area contributed by atoms with E-state index >= 15 is 0 Å². The quantitative estimate of drug-likeness (QED) is 0.758. The van der Waals surface area contributed by atoms with E-state index in [1.54, 1.807) is 7.05 Å². The van der Waals surface area contributed by atoms with E-state index < -0.39 is 12.8 Å². The molecular weight excluding hydrogens is 231 g/mol. The summed E-state index contributed by atoms with van der Waals surface area (Å²) in [5.41, 5.74) is 1.19. The SMILES string of the molecule is CNC(COCC(F)(F)F)C1=CCCCCC1. The van der Waals surface area contributed by atoms with Crippen LogP contribution in [-0.4, -0.2) is 32.5 Å². The molecule has 1 aliphatic carbocycles. The molecule has 0 radical (unpaired) electrons. The van der Waals surface area contributed by atoms with Gasteiger partial charge in [0.05, 0.1) is 12.6 Å². The number of nitrogens with one attached hydrogen (secondary N) is 1. The van der Waals surface area contributed by atoms with Crippen molar-refractivity contribution in [2.24, 2.45) is 0 Å². The summed E-state index contributed by atoms with van der Waals surface area (Å²) in [7, 11) is 1.76. The molecule has 0 bridgehead atoms. The zero-order valence-corrected chi connectivity index (χ0v) is 10.1. The Morgan fingerprint density at radius 3 is 2.76 bits per heavy atom. The van der Waals surface area contributed by atoms with Crippen molar-refractivity contribution in [3.05, 3.63) is 11.6 Å². The molecule has 2 nitrogen and oxygen atoms in total. The minimum Gasteiger partial charge on any atom is -0.370 e. The third kappa shape index (κ3) is 6.07. The summed E-state index contributed by atoms with van der Waals surface area (Å²) in [4.78, 5) is 0. The molecule has 0 fully saturated rings. The Bertz CT molecular complexity index is 251. The van der Waals surface area contributed by atoms with Crippen LogP contribution in [-0.2, 0) is 4.74 Å². The lowest BCUT2D eigenvalue weighted by Crippen LogP contribution is -2.34. The third-order valence-electron chi connectivity index (χ3n) is 2.92. The lowest BCUT2D eigenvalue weighted by atomic mass is 10.0. The predicted octanol–water partition coefficient (Wildman–Crippen LogP) is 3.04. The molecule has 0 aromatic heterocycles. The number of likely N-dealkylation sites (N-methyl/N-ethyl adjacent to an activating group) is 1. The van der Waals surface area contributed by atoms with Gasteiger partial charge in [-0.1, -0.05) is 18.1 Å². The van der Waals surface area contributed by atoms with Crippen LogP contribution in [0.5, 0.6) is 0 Å². The van der Waals surface area contributed by atoms with E-state index in [2.05, 4.69) is 11.4 Å². The normalized spacial score (nSPS) is 19.6. The van der Waals surface area contributed by atoms with E-state index in [9.17, 15) is 13.2 Å². The molecule has 1 aliphatic rings. The topological polar surface area (TPSA) is 21.3 Å². The zero-order valence-electron chi connectivity index (χ0n) is 10.1. The highest BCUT2D eigenvalue weighted by Crippen LogP contribution is 2.21. The van der Waals surface area contributed by atoms with Crippen molar-refractivity contribution >= 4 is 0 Å². The van der Waals surface area contributed by atoms with Crippen LogP contribution in [0.1, 0.15) is 32.1 Å². The van der Waals surface area contributed by atoms with Crippen molar-refractivity contribution in [3.63, 3.8) is 0 Å². The highest BCUT2D eigenvalue weighted by molar-refractivity contribution is 5.12. The zero-order chi connectivity index (χ0) is 12.7. The Balaban J connectivity index is 2.39. The van der Waals surface area contributed by atoms with Gasteiger partial charge in [0, 0.05) is 0 Å². The van der Waals surface area contributed by atoms with Gasteiger partial charge >= 0.3 is 6.18 Å². The Morgan fingerprint density at radius 1 is 1.35 bits per heavy atom. The van der Waals surface area contributed by atoms with Crippen molar-refractivity contribution < 1.29 is 17.9 Å². The van der Waals surface area contributed by atoms with Crippen LogP contribution in [0.2, 0.25) is 0 Å². The van der Waals surface area contributed by atoms with Gasteiger partial charge in [-0.2, -0.15) is 13.2 Å². The van der Waals surface area contributed by atoms with Crippen LogP contribution in [0, 0.1) is 0 Å². The van der Waals surface area contributed by atoms with Crippen LogP contribution in [0.4, 0.5) is 13.2 Å². The van der Waals surface area contributed by atoms with Crippen LogP contribution in [0.3, 0.4) is 0 Å². The molecule has 0 amide bonds. The number of ether oxygens (including phenoxy) is 1. The van der Waals surface area contributed by atoms with Crippen LogP contribution < -0.4 is 5.32 Å². The number of hydrogen-bond acceptors (Lipinski definition) is 2. The minimum atomic E-state index is -4.24. The molecule has 0 spiro atoms. The van der Waals surface area contributed by atoms with Crippen LogP contribution in [0.25, 0.3) is 0 Å². The van der Waals surface area contributed by atoms with Gasteiger partial charge < -0.3 is 10.1 Å². The summed E-state index contributed by atoms with van der Waals surface area (Å²) in [5, 5.41) is 3.03. The van der Waals surface area contributed by atoms with Crippen molar-refractivity contribution in [2.45, 2.75) is 44.3 Å². The first kappa shape index (κ1) is 14.5. The van der Waals surface area contributed by atoms with E-state index in [0.717, 1.165) is 19.3 Å². The number of hydrogen-bond donors (Lipinski definition) is 1. The summed E-state index contributed by atoms with van der Waals surface area (Å²) < 4.78 is 40.6. The van der Waals surface area contributed by atoms with Crippen molar-refractivity contribution in [3.8, 4) is 0 Å². The molecule has 0 saturated heterocycles. The standard InChI is InChI=1S/C12H20F3NO/c1-16-11(8-17-9-12(13,14)15)10-6-4-2-3-5-7-10/h6,11,16H,2-5,7-9H2,1H3. The summed E-state index contributed by atoms with van der Waals surface area (Å²) in [5.74, 6) is 0. The number of alkyl halides is 3. The fourth-order valence-corrected chi connectivity index (χ4v) is 2.02. The first-order chi connectivity index (χ1) is 8.03. The maximum absolute atomic E-state index is 12.0. The summed E-state index contributed by atoms with van der Waals surface area (Å²) >= 11 is 0. The highest BCUT2D eigenvalue weighted by Gasteiger charge is 2.28. The van der Waals surface area contributed by atoms with Gasteiger partial charge in [0.2, 0.25) is 0 Å². The van der Waals surface area contributed by atoms with E-state index in [1.807, 2.05) is 0 Å². The monoisotopic (exact) mass is 251 g/mol. The van der Waals surface area contributed by atoms with Crippen LogP contribution >= 0.6 is 0 Å². The molecule has 1 unspecified atom stereocenters. The van der Waals surface area contributed by atoms with E-state index in [4.69, 9.17) is 4.74 Å². The van der Waals surface area contributed by atoms with Crippen molar-refractivity contribution in [2.75, 3.05) is 20.3 Å². The Hall–Kier alpha value is -0.550. The van der Waals surface area contributed by atoms with E-state index in [-0.39, 0.29) is 12.6 Å². The first-order valence-corrected chi connectivity index (χ1v) is 6.03. The fourth-order valence-electron chi connectivity index (χ4n) is 2.02. The summed E-state index contributed by atoms with van der Waals surface area (Å²) in [6.45, 7) is -1.08. The Morgan fingerprint density at radius 2 is 2.12 bits per heavy atom. The predicted molar refractivity (Wildman–Crippen MR) is 60.9 cm³/mol. The first-order valence-electron chi connectivity index (χ1n) is 6.03. The molecule has 1 atom stereocenters. The molecule has 17 heavy (non-hydrogen) atoms. The largest absolute Gasteiger partial charge is 0.411 e. The average Bonchev–Trinajstić information content (AvgIpc) is 2.51. The molecule has 0 aliphatic heterocycles. The number of rotatable bonds is 5. The molecule has 0 saturated carbocycles. The maximum Gasteiger partial charge on any atom is 0.411 e. The highest BCUT2D eigenvalue weighted by atomic mass is 19.4. The third-order valence-corrected chi connectivity index (χ3v) is 2.92. The molecule has 0 heterocycles. The van der Waals surface area contributed by atoms with Gasteiger partial charge in [-0.25, -0.2) is 0 Å². The molecule has 0 aromatic carbocycles. The van der Waals surface area contributed by atoms with E-state index in [0.29, 0.717) is 0 Å². The second-order valence-electron chi connectivity index (χ2n) is 4.35. The molecular formula is C12H20F3NO. The lowest BCUT2D eigenvalue weighted by Gasteiger charge is -2.20. The number of allylic oxidation sites excluding steroid dienone is 1. The van der Waals surface area contributed by atoms with Gasteiger partial charge in [-0.05, 0) is 32.7 Å². The maximum atomic E-state index is 12.0. The van der Waals surface area contributed by atoms with Crippen molar-refractivity contribution in [1.29, 1.82) is 0 Å². The smallest absolute Gasteiger partial charge is 0.370 e. The van der Waals surface area contributed by atoms with Gasteiger partial charge in [-0.3, -0.25) is 0 Å². The molecule has 1 rings (SSSR count). The fraction of sp³-hybridized carbons (Fsp3) is 0.833. The molecule has 100 valence electrons. The molecule has 5 heteroatoms. The second kappa shape index (κ2) is 7.01. The van der Waals surface area contributed by atoms with E-state index in [1.165, 1.54) is 18.4 Å². The minimum absolute atomic E-state index is 0.0852. The summed E-state index contributed by atoms with van der Waals surface area (Å²) in [6, 6.07) is -0.0875. The Labute approximate surface area is 100 Å². The van der Waals surface area contributed by atoms with Gasteiger partial charge in [0.25, 0.3) is 0 Å². The van der Waals surface area contributed by atoms with Gasteiger partial charge in [0.15, 0.2) is 0 Å². The Kier molecular flexibility index (Phi) is 5.98. The lowest BCUT2D eigenvalue weighted by molar-refractivity contribution is -0.174. The average molecular weight is 251 g/mol. The second-order valence-corrected chi connectivity index (χ2v) is 4.35. The molecule has 1 N–H and O–H groups in total. The van der Waals surface area contributed by atoms with Gasteiger partial charge in [-0.15, -0.1) is 0 Å². The molecule has 0 aromatic rings. The van der Waals surface area contributed by atoms with Crippen LogP contribution in [0.15, 0.2) is 11.6 Å². The van der Waals surface area contributed by atoms with Crippen molar-refractivity contribution in [1.82, 2.24) is 5.32 Å². The summed E-state index contributed by atoms with van der Waals surface area (Å²) in [6.07, 6.45) is 3.36. The number of halogens is 3. The van der Waals surface area contributed by atoms with Gasteiger partial charge in [0.1, 0.15) is 6.61 Å².